The van der Waals surface area contributed by atoms with Gasteiger partial charge in [0.1, 0.15) is 28.2 Å². The first-order valence-electron chi connectivity index (χ1n) is 40.8. The molecule has 4 amide bonds. The first-order valence-corrected chi connectivity index (χ1v) is 42.8. The number of esters is 1. The predicted molar refractivity (Wildman–Crippen MR) is 460 cm³/mol. The van der Waals surface area contributed by atoms with Crippen LogP contribution in [-0.4, -0.2) is 214 Å². The largest absolute Gasteiger partial charge is 0.534 e. The maximum Gasteiger partial charge on any atom is 0.534 e. The molecule has 0 aliphatic carbocycles. The van der Waals surface area contributed by atoms with E-state index in [-0.39, 0.29) is 30.4 Å². The fraction of sp³-hybridized carbons (Fsp3) is 0.522. The van der Waals surface area contributed by atoms with Gasteiger partial charge in [0.15, 0.2) is 5.78 Å². The summed E-state index contributed by atoms with van der Waals surface area (Å²) in [6.07, 6.45) is 6.60. The molecule has 0 unspecified atom stereocenters. The summed E-state index contributed by atoms with van der Waals surface area (Å²) in [6, 6.07) is 33.2. The lowest BCUT2D eigenvalue weighted by atomic mass is 9.97. The van der Waals surface area contributed by atoms with Crippen molar-refractivity contribution in [2.45, 2.75) is 202 Å². The van der Waals surface area contributed by atoms with Crippen LogP contribution < -0.4 is 9.50 Å². The van der Waals surface area contributed by atoms with E-state index in [1.165, 1.54) is 87.6 Å². The highest BCUT2D eigenvalue weighted by molar-refractivity contribution is 7.88. The Morgan fingerprint density at radius 1 is 0.492 bits per heavy atom. The number of carbonyl (C=O) groups is 6. The summed E-state index contributed by atoms with van der Waals surface area (Å²) in [4.78, 5) is 80.7. The average molecular weight is 1710 g/mol. The number of nitrogens with zero attached hydrogens (tertiary/aromatic N) is 10. The molecule has 25 nitrogen and oxygen atoms in total. The number of fused-ring (bicyclic) bond motifs is 5. The maximum absolute atomic E-state index is 12.8. The van der Waals surface area contributed by atoms with Crippen molar-refractivity contribution in [3.05, 3.63) is 181 Å². The summed E-state index contributed by atoms with van der Waals surface area (Å²) in [7, 11) is 1.18. The number of methoxy groups -OCH3 is 1. The summed E-state index contributed by atoms with van der Waals surface area (Å²) in [5, 5.41) is 17.6. The molecule has 1 N–H and O–H groups in total. The zero-order valence-corrected chi connectivity index (χ0v) is 74.8. The number of rotatable bonds is 11. The quantitative estimate of drug-likeness (QED) is 0.0184. The molecule has 0 saturated heterocycles. The molecule has 7 heterocycles. The van der Waals surface area contributed by atoms with Gasteiger partial charge in [-0.3, -0.25) is 14.2 Å². The van der Waals surface area contributed by atoms with Crippen LogP contribution in [0.5, 0.6) is 5.75 Å². The highest BCUT2D eigenvalue weighted by Gasteiger charge is 2.49. The molecule has 0 fully saturated rings. The van der Waals surface area contributed by atoms with Gasteiger partial charge in [0, 0.05) is 108 Å². The van der Waals surface area contributed by atoms with Crippen molar-refractivity contribution in [1.29, 1.82) is 0 Å². The Morgan fingerprint density at radius 3 is 1.26 bits per heavy atom. The SMILES string of the molecule is C/C(CC(=O)c1ccc2c(c1)CCN(C(=O)OC(C)(C)C)CC2)=N/N(C)C(=O)OC(C)(C)C.CC(C)(C)OC(=O)N1CCc2ccc(OS(=O)(=O)C(F)(F)F)cc2CC1.COC(=O)c1ccc2c(c1)CCN(C(=O)OC(C)(C)C)CC2.Cc1cc(-c2ccc3c(c2)CCN(CCCl)CC3)n(C)n1.Cc1cc(-c2ccc3c(c2)CCNCC3)n(C)n1. The third-order valence-corrected chi connectivity index (χ3v) is 21.2. The van der Waals surface area contributed by atoms with Crippen LogP contribution in [0.15, 0.2) is 108 Å². The van der Waals surface area contributed by atoms with Gasteiger partial charge in [0.05, 0.1) is 41.9 Å². The normalized spacial score (nSPS) is 15.3. The van der Waals surface area contributed by atoms with E-state index >= 15 is 0 Å². The average Bonchev–Trinajstić information content (AvgIpc) is 1.63. The van der Waals surface area contributed by atoms with Crippen molar-refractivity contribution >= 4 is 63.6 Å². The minimum Gasteiger partial charge on any atom is -0.465 e. The number of amides is 4. The van der Waals surface area contributed by atoms with Gasteiger partial charge in [-0.25, -0.2) is 29.0 Å². The van der Waals surface area contributed by atoms with Crippen molar-refractivity contribution in [2.75, 3.05) is 92.0 Å². The van der Waals surface area contributed by atoms with E-state index in [2.05, 4.69) is 78.2 Å². The molecular weight excluding hydrogens is 1580 g/mol. The minimum absolute atomic E-state index is 0.0788. The number of nitrogens with one attached hydrogen (secondary N) is 1. The van der Waals surface area contributed by atoms with E-state index in [0.29, 0.717) is 93.8 Å². The Labute approximate surface area is 710 Å². The molecule has 0 atom stereocenters. The van der Waals surface area contributed by atoms with Gasteiger partial charge in [-0.2, -0.15) is 36.9 Å². The number of ether oxygens (including phenoxy) is 5. The maximum atomic E-state index is 12.8. The van der Waals surface area contributed by atoms with Crippen molar-refractivity contribution in [1.82, 2.24) is 49.5 Å². The van der Waals surface area contributed by atoms with E-state index in [4.69, 9.17) is 35.3 Å². The van der Waals surface area contributed by atoms with Crippen LogP contribution in [0.3, 0.4) is 0 Å². The van der Waals surface area contributed by atoms with Gasteiger partial charge >= 0.3 is 46.0 Å². The number of alkyl halides is 4. The second-order valence-electron chi connectivity index (χ2n) is 34.6. The first kappa shape index (κ1) is 95.6. The van der Waals surface area contributed by atoms with Crippen LogP contribution in [-0.2, 0) is 112 Å². The number of Topliss-reactive ketones (excluding diaryl/α,β-unsaturated/α-hetero) is 1. The summed E-state index contributed by atoms with van der Waals surface area (Å²) in [6.45, 7) is 36.0. The molecule has 654 valence electrons. The standard InChI is InChI=1S/C25H37N3O5.C17H22ClN3.C17H23NO4.C16H20F3NO5S.C15H19N3/c1-17(26-27(8)22(30)32-24(2,3)4)15-21(29)20-10-9-18-11-13-28(14-12-19(18)16-20)23(31)33-25(5,6)7;1-13-11-17(20(2)19-13)16-4-3-14-5-8-21(10-7-18)9-6-15(14)12-16;1-17(2,3)22-16(20)18-9-7-12-5-6-14(15(19)21-4)11-13(12)8-10-18;1-15(2,3)24-14(21)20-8-6-11-4-5-13(10-12(11)7-9-20)25-26(22,23)16(17,18)19;1-11-9-15(18(2)17-11)14-4-3-12-5-7-16-8-6-13(12)10-14/h9-10,16H,11-15H2,1-8H3;3-4,11-12H,5-10H2,1-2H3;5-6,11H,7-10H2,1-4H3;4-5,10H,6-9H2,1-3H3;3-4,9-10,16H,5-8H2,1-2H3/b26-17-;;;;. The molecule has 0 spiro atoms. The number of halogens is 4. The summed E-state index contributed by atoms with van der Waals surface area (Å²) in [5.41, 5.74) is 12.8. The molecule has 5 aromatic carbocycles. The number of hydrogen-bond donors (Lipinski definition) is 1. The molecule has 0 radical (unpaired) electrons. The van der Waals surface area contributed by atoms with Crippen LogP contribution in [0.25, 0.3) is 22.5 Å². The van der Waals surface area contributed by atoms with Crippen LogP contribution in [0.1, 0.15) is 184 Å². The number of ketones is 1. The Bertz CT molecular complexity index is 4900. The van der Waals surface area contributed by atoms with Gasteiger partial charge in [0.2, 0.25) is 0 Å². The number of carbonyl (C=O) groups excluding carboxylic acids is 6. The highest BCUT2D eigenvalue weighted by atomic mass is 35.5. The van der Waals surface area contributed by atoms with E-state index < -0.39 is 56.0 Å². The lowest BCUT2D eigenvalue weighted by molar-refractivity contribution is -0.0500. The van der Waals surface area contributed by atoms with E-state index in [1.54, 1.807) is 64.3 Å². The van der Waals surface area contributed by atoms with Gasteiger partial charge in [-0.1, -0.05) is 48.5 Å². The molecule has 0 bridgehead atoms. The number of aryl methyl sites for hydroxylation is 4. The Hall–Kier alpha value is -9.84. The molecular formula is C90H121ClF3N11O14S. The molecule has 2 aromatic heterocycles. The number of aromatic nitrogens is 4. The fourth-order valence-electron chi connectivity index (χ4n) is 14.2. The second-order valence-corrected chi connectivity index (χ2v) is 36.5. The number of hydrogen-bond acceptors (Lipinski definition) is 19. The Morgan fingerprint density at radius 2 is 0.850 bits per heavy atom. The summed E-state index contributed by atoms with van der Waals surface area (Å²) in [5.74, 6) is -0.108. The minimum atomic E-state index is -5.72. The van der Waals surface area contributed by atoms with Crippen LogP contribution in [0.4, 0.5) is 32.3 Å². The topological polar surface area (TPSA) is 268 Å². The Kier molecular flexibility index (Phi) is 33.2. The molecule has 7 aromatic rings. The molecule has 5 aliphatic heterocycles. The van der Waals surface area contributed by atoms with Crippen LogP contribution in [0, 0.1) is 13.8 Å². The molecule has 12 rings (SSSR count). The van der Waals surface area contributed by atoms with Crippen molar-refractivity contribution in [3.63, 3.8) is 0 Å². The monoisotopic (exact) mass is 1700 g/mol. The Balaban J connectivity index is 0.000000189. The molecule has 0 saturated carbocycles. The zero-order valence-electron chi connectivity index (χ0n) is 73.2. The summed E-state index contributed by atoms with van der Waals surface area (Å²) < 4.78 is 93.9. The van der Waals surface area contributed by atoms with Gasteiger partial charge < -0.3 is 52.8 Å². The van der Waals surface area contributed by atoms with Gasteiger partial charge in [0.25, 0.3) is 0 Å². The zero-order chi connectivity index (χ0) is 88.4. The second kappa shape index (κ2) is 41.6. The summed E-state index contributed by atoms with van der Waals surface area (Å²) >= 11 is 5.87. The van der Waals surface area contributed by atoms with Crippen molar-refractivity contribution in [3.8, 4) is 28.3 Å². The predicted octanol–water partition coefficient (Wildman–Crippen LogP) is 16.0. The van der Waals surface area contributed by atoms with Crippen LogP contribution in [0.2, 0.25) is 0 Å². The lowest BCUT2D eigenvalue weighted by Gasteiger charge is -2.26. The van der Waals surface area contributed by atoms with Gasteiger partial charge in [-0.05, 0) is 291 Å². The van der Waals surface area contributed by atoms with Gasteiger partial charge in [-0.15, -0.1) is 11.6 Å². The third-order valence-electron chi connectivity index (χ3n) is 20.0. The molecule has 30 heteroatoms. The van der Waals surface area contributed by atoms with Crippen molar-refractivity contribution < 1.29 is 78.2 Å². The fourth-order valence-corrected chi connectivity index (χ4v) is 14.9. The first-order chi connectivity index (χ1) is 56.1. The highest BCUT2D eigenvalue weighted by Crippen LogP contribution is 2.32. The molecule has 5 aliphatic rings. The lowest BCUT2D eigenvalue weighted by Crippen LogP contribution is -2.38. The van der Waals surface area contributed by atoms with Crippen LogP contribution >= 0.6 is 11.6 Å². The third kappa shape index (κ3) is 29.2. The number of benzene rings is 5. The number of hydrazone groups is 1. The molecule has 120 heavy (non-hydrogen) atoms. The van der Waals surface area contributed by atoms with Crippen molar-refractivity contribution in [2.24, 2.45) is 19.2 Å². The smallest absolute Gasteiger partial charge is 0.465 e. The van der Waals surface area contributed by atoms with E-state index in [1.807, 2.05) is 109 Å². The van der Waals surface area contributed by atoms with E-state index in [0.717, 1.165) is 109 Å². The van der Waals surface area contributed by atoms with E-state index in [9.17, 15) is 50.4 Å².